The Balaban J connectivity index is 1.36. The van der Waals surface area contributed by atoms with Crippen LogP contribution >= 0.6 is 11.3 Å². The normalized spacial score (nSPS) is 12.3. The van der Waals surface area contributed by atoms with E-state index in [-0.39, 0.29) is 12.3 Å². The lowest BCUT2D eigenvalue weighted by Gasteiger charge is -2.16. The van der Waals surface area contributed by atoms with Gasteiger partial charge in [0, 0.05) is 36.1 Å². The van der Waals surface area contributed by atoms with E-state index in [1.165, 1.54) is 19.8 Å². The van der Waals surface area contributed by atoms with Gasteiger partial charge in [-0.1, -0.05) is 29.5 Å². The van der Waals surface area contributed by atoms with Crippen molar-refractivity contribution in [1.29, 1.82) is 0 Å². The average molecular weight is 439 g/mol. The minimum absolute atomic E-state index is 0.0411. The van der Waals surface area contributed by atoms with Crippen molar-refractivity contribution in [3.8, 4) is 11.5 Å². The maximum Gasteiger partial charge on any atom is 0.325 e. The Morgan fingerprint density at radius 2 is 1.81 bits per heavy atom. The van der Waals surface area contributed by atoms with Crippen LogP contribution in [0.1, 0.15) is 10.6 Å². The first-order valence-electron chi connectivity index (χ1n) is 9.57. The highest BCUT2D eigenvalue weighted by Crippen LogP contribution is 2.29. The zero-order valence-electron chi connectivity index (χ0n) is 17.0. The molecule has 160 valence electrons. The summed E-state index contributed by atoms with van der Waals surface area (Å²) >= 11 is 1.16. The minimum Gasteiger partial charge on any atom is -0.497 e. The molecule has 1 aliphatic rings. The van der Waals surface area contributed by atoms with Crippen LogP contribution in [-0.4, -0.2) is 42.9 Å². The Bertz CT molecular complexity index is 1090. The maximum atomic E-state index is 12.7. The van der Waals surface area contributed by atoms with Crippen LogP contribution in [0.25, 0.3) is 0 Å². The predicted octanol–water partition coefficient (Wildman–Crippen LogP) is 3.33. The highest BCUT2D eigenvalue weighted by Gasteiger charge is 2.25. The van der Waals surface area contributed by atoms with Crippen LogP contribution in [0.5, 0.6) is 11.5 Å². The number of rotatable bonds is 6. The molecular weight excluding hydrogens is 418 g/mol. The molecule has 9 nitrogen and oxygen atoms in total. The molecule has 1 aromatic heterocycles. The van der Waals surface area contributed by atoms with E-state index in [0.29, 0.717) is 33.9 Å². The van der Waals surface area contributed by atoms with Crippen LogP contribution in [0.4, 0.5) is 21.3 Å². The number of carbonyl (C=O) groups is 2. The van der Waals surface area contributed by atoms with E-state index in [0.717, 1.165) is 23.4 Å². The third-order valence-corrected chi connectivity index (χ3v) is 5.63. The number of fused-ring (bicyclic) bond motifs is 1. The number of amides is 3. The first-order chi connectivity index (χ1) is 15.1. The van der Waals surface area contributed by atoms with Crippen molar-refractivity contribution in [2.45, 2.75) is 12.8 Å². The molecule has 0 radical (unpaired) electrons. The molecule has 0 fully saturated rings. The van der Waals surface area contributed by atoms with Crippen LogP contribution < -0.4 is 25.0 Å². The van der Waals surface area contributed by atoms with Gasteiger partial charge >= 0.3 is 6.03 Å². The SMILES string of the molecule is COc1cc(NC(=O)Nc2nnc(CC(=O)N3CCc4ccccc43)s2)cc(OC)c1. The van der Waals surface area contributed by atoms with Crippen molar-refractivity contribution in [3.05, 3.63) is 53.0 Å². The molecule has 3 aromatic rings. The summed E-state index contributed by atoms with van der Waals surface area (Å²) < 4.78 is 10.4. The van der Waals surface area contributed by atoms with Crippen molar-refractivity contribution >= 4 is 39.8 Å². The molecule has 0 saturated heterocycles. The van der Waals surface area contributed by atoms with Gasteiger partial charge in [0.25, 0.3) is 0 Å². The molecule has 0 aliphatic carbocycles. The van der Waals surface area contributed by atoms with Gasteiger partial charge in [0.2, 0.25) is 11.0 Å². The lowest BCUT2D eigenvalue weighted by Crippen LogP contribution is -2.30. The Kier molecular flexibility index (Phi) is 5.99. The number of ether oxygens (including phenoxy) is 2. The Hall–Kier alpha value is -3.66. The van der Waals surface area contributed by atoms with Gasteiger partial charge in [-0.25, -0.2) is 4.79 Å². The number of benzene rings is 2. The number of urea groups is 1. The topological polar surface area (TPSA) is 106 Å². The quantitative estimate of drug-likeness (QED) is 0.610. The monoisotopic (exact) mass is 439 g/mol. The van der Waals surface area contributed by atoms with E-state index in [4.69, 9.17) is 9.47 Å². The van der Waals surface area contributed by atoms with E-state index in [1.54, 1.807) is 23.1 Å². The van der Waals surface area contributed by atoms with Crippen LogP contribution in [0.15, 0.2) is 42.5 Å². The molecule has 0 saturated carbocycles. The van der Waals surface area contributed by atoms with Crippen LogP contribution in [0.3, 0.4) is 0 Å². The van der Waals surface area contributed by atoms with E-state index in [2.05, 4.69) is 20.8 Å². The lowest BCUT2D eigenvalue weighted by atomic mass is 10.2. The van der Waals surface area contributed by atoms with E-state index in [1.807, 2.05) is 24.3 Å². The molecule has 0 atom stereocenters. The lowest BCUT2D eigenvalue weighted by molar-refractivity contribution is -0.117. The standard InChI is InChI=1S/C21H21N5O4S/c1-29-15-9-14(10-16(11-15)30-2)22-20(28)23-21-25-24-18(31-21)12-19(27)26-8-7-13-5-3-4-6-17(13)26/h3-6,9-11H,7-8,12H2,1-2H3,(H2,22,23,25,28). The van der Waals surface area contributed by atoms with Crippen LogP contribution in [-0.2, 0) is 17.6 Å². The fraction of sp³-hybridized carbons (Fsp3) is 0.238. The van der Waals surface area contributed by atoms with Crippen molar-refractivity contribution in [2.75, 3.05) is 36.3 Å². The molecule has 0 bridgehead atoms. The molecule has 2 heterocycles. The molecule has 31 heavy (non-hydrogen) atoms. The van der Waals surface area contributed by atoms with Gasteiger partial charge in [0.05, 0.1) is 20.6 Å². The first kappa shape index (κ1) is 20.6. The fourth-order valence-corrected chi connectivity index (χ4v) is 4.06. The number of nitrogens with one attached hydrogen (secondary N) is 2. The third kappa shape index (κ3) is 4.75. The summed E-state index contributed by atoms with van der Waals surface area (Å²) in [5.41, 5.74) is 2.62. The Morgan fingerprint density at radius 3 is 2.55 bits per heavy atom. The summed E-state index contributed by atoms with van der Waals surface area (Å²) in [5.74, 6) is 1.06. The number of carbonyl (C=O) groups excluding carboxylic acids is 2. The largest absolute Gasteiger partial charge is 0.497 e. The van der Waals surface area contributed by atoms with E-state index in [9.17, 15) is 9.59 Å². The highest BCUT2D eigenvalue weighted by atomic mass is 32.1. The van der Waals surface area contributed by atoms with Gasteiger partial charge in [-0.15, -0.1) is 10.2 Å². The second-order valence-corrected chi connectivity index (χ2v) is 7.84. The van der Waals surface area contributed by atoms with Crippen molar-refractivity contribution in [1.82, 2.24) is 10.2 Å². The van der Waals surface area contributed by atoms with E-state index >= 15 is 0 Å². The van der Waals surface area contributed by atoms with Gasteiger partial charge < -0.3 is 19.7 Å². The summed E-state index contributed by atoms with van der Waals surface area (Å²) in [4.78, 5) is 26.8. The van der Waals surface area contributed by atoms with Gasteiger partial charge in [-0.3, -0.25) is 10.1 Å². The highest BCUT2D eigenvalue weighted by molar-refractivity contribution is 7.15. The number of hydrogen-bond acceptors (Lipinski definition) is 7. The summed E-state index contributed by atoms with van der Waals surface area (Å²) in [7, 11) is 3.06. The Labute approximate surface area is 183 Å². The second kappa shape index (κ2) is 9.00. The fourth-order valence-electron chi connectivity index (χ4n) is 3.34. The first-order valence-corrected chi connectivity index (χ1v) is 10.4. The minimum atomic E-state index is -0.488. The molecule has 0 unspecified atom stereocenters. The second-order valence-electron chi connectivity index (χ2n) is 6.78. The maximum absolute atomic E-state index is 12.7. The summed E-state index contributed by atoms with van der Waals surface area (Å²) in [5, 5.41) is 14.2. The van der Waals surface area contributed by atoms with Gasteiger partial charge in [0.1, 0.15) is 16.5 Å². The van der Waals surface area contributed by atoms with Crippen LogP contribution in [0, 0.1) is 0 Å². The smallest absolute Gasteiger partial charge is 0.325 e. The average Bonchev–Trinajstić information content (AvgIpc) is 3.40. The number of methoxy groups -OCH3 is 2. The number of hydrogen-bond donors (Lipinski definition) is 2. The number of aromatic nitrogens is 2. The molecule has 3 amide bonds. The van der Waals surface area contributed by atoms with Gasteiger partial charge in [-0.05, 0) is 18.1 Å². The molecule has 0 spiro atoms. The van der Waals surface area contributed by atoms with Gasteiger partial charge in [0.15, 0.2) is 0 Å². The molecule has 4 rings (SSSR count). The van der Waals surface area contributed by atoms with Crippen molar-refractivity contribution in [2.24, 2.45) is 0 Å². The zero-order chi connectivity index (χ0) is 21.8. The molecule has 2 aromatic carbocycles. The molecular formula is C21H21N5O4S. The molecule has 10 heteroatoms. The summed E-state index contributed by atoms with van der Waals surface area (Å²) in [6.45, 7) is 0.661. The zero-order valence-corrected chi connectivity index (χ0v) is 17.9. The van der Waals surface area contributed by atoms with Crippen molar-refractivity contribution < 1.29 is 19.1 Å². The van der Waals surface area contributed by atoms with Gasteiger partial charge in [-0.2, -0.15) is 0 Å². The summed E-state index contributed by atoms with van der Waals surface area (Å²) in [6.07, 6.45) is 0.975. The van der Waals surface area contributed by atoms with Crippen molar-refractivity contribution in [3.63, 3.8) is 0 Å². The number of para-hydroxylation sites is 1. The molecule has 1 aliphatic heterocycles. The van der Waals surface area contributed by atoms with E-state index < -0.39 is 6.03 Å². The van der Waals surface area contributed by atoms with Crippen LogP contribution in [0.2, 0.25) is 0 Å². The number of anilines is 3. The summed E-state index contributed by atoms with van der Waals surface area (Å²) in [6, 6.07) is 12.4. The molecule has 2 N–H and O–H groups in total. The predicted molar refractivity (Wildman–Crippen MR) is 118 cm³/mol. The third-order valence-electron chi connectivity index (χ3n) is 4.79. The number of nitrogens with zero attached hydrogens (tertiary/aromatic N) is 3. The Morgan fingerprint density at radius 1 is 1.06 bits per heavy atom.